The predicted molar refractivity (Wildman–Crippen MR) is 126 cm³/mol. The number of benzene rings is 3. The molecule has 0 unspecified atom stereocenters. The molecule has 0 spiro atoms. The minimum Gasteiger partial charge on any atom is -0.321 e. The van der Waals surface area contributed by atoms with Crippen LogP contribution in [0.1, 0.15) is 11.1 Å². The molecule has 31 heavy (non-hydrogen) atoms. The summed E-state index contributed by atoms with van der Waals surface area (Å²) in [6.07, 6.45) is 1.58. The van der Waals surface area contributed by atoms with Gasteiger partial charge in [0.25, 0.3) is 5.91 Å². The number of hydrogen-bond acceptors (Lipinski definition) is 4. The topological polar surface area (TPSA) is 65.8 Å². The smallest absolute Gasteiger partial charge is 0.266 e. The number of nitriles is 1. The highest BCUT2D eigenvalue weighted by Crippen LogP contribution is 2.31. The Balaban J connectivity index is 1.49. The summed E-state index contributed by atoms with van der Waals surface area (Å²) in [4.78, 5) is 17.3. The zero-order chi connectivity index (χ0) is 21.6. The average molecular weight is 422 g/mol. The number of hydrogen-bond donors (Lipinski definition) is 1. The van der Waals surface area contributed by atoms with E-state index in [4.69, 9.17) is 4.98 Å². The summed E-state index contributed by atoms with van der Waals surface area (Å²) in [5, 5.41) is 15.2. The molecule has 0 aliphatic heterocycles. The van der Waals surface area contributed by atoms with Gasteiger partial charge in [-0.1, -0.05) is 66.7 Å². The van der Waals surface area contributed by atoms with Gasteiger partial charge in [-0.3, -0.25) is 4.79 Å². The third-order valence-corrected chi connectivity index (χ3v) is 5.67. The van der Waals surface area contributed by atoms with Gasteiger partial charge in [0.05, 0.1) is 5.69 Å². The molecule has 0 bridgehead atoms. The van der Waals surface area contributed by atoms with Gasteiger partial charge < -0.3 is 5.32 Å². The summed E-state index contributed by atoms with van der Waals surface area (Å²) >= 11 is 1.61. The van der Waals surface area contributed by atoms with Crippen molar-refractivity contribution in [2.24, 2.45) is 0 Å². The number of thiazole rings is 1. The number of carbonyl (C=O) groups excluding carboxylic acids is 1. The van der Waals surface area contributed by atoms with E-state index in [-0.39, 0.29) is 5.57 Å². The highest BCUT2D eigenvalue weighted by molar-refractivity contribution is 7.13. The van der Waals surface area contributed by atoms with Crippen LogP contribution in [-0.4, -0.2) is 10.9 Å². The highest BCUT2D eigenvalue weighted by Gasteiger charge is 2.11. The lowest BCUT2D eigenvalue weighted by Gasteiger charge is -2.05. The second-order valence-electron chi connectivity index (χ2n) is 6.96. The molecule has 150 valence electrons. The van der Waals surface area contributed by atoms with Crippen LogP contribution >= 0.6 is 11.3 Å². The molecule has 4 rings (SSSR count). The summed E-state index contributed by atoms with van der Waals surface area (Å²) in [7, 11) is 0. The van der Waals surface area contributed by atoms with Gasteiger partial charge in [0.15, 0.2) is 0 Å². The molecule has 1 N–H and O–H groups in total. The van der Waals surface area contributed by atoms with E-state index >= 15 is 0 Å². The molecule has 1 aromatic heterocycles. The van der Waals surface area contributed by atoms with Crippen LogP contribution in [0.15, 0.2) is 89.8 Å². The molecule has 0 aliphatic carbocycles. The van der Waals surface area contributed by atoms with Crippen molar-refractivity contribution >= 4 is 29.0 Å². The van der Waals surface area contributed by atoms with Gasteiger partial charge in [-0.05, 0) is 36.3 Å². The standard InChI is InChI=1S/C26H19N3OS/c1-18-7-5-6-10-23(18)26-29-24(17-31-26)20-11-13-22(14-12-20)28-25(30)21(16-27)15-19-8-3-2-4-9-19/h2-15,17H,1H3,(H,28,30)/b21-15+. The minimum atomic E-state index is -0.436. The Morgan fingerprint density at radius 2 is 1.71 bits per heavy atom. The Kier molecular flexibility index (Phi) is 6.02. The summed E-state index contributed by atoms with van der Waals surface area (Å²) in [6.45, 7) is 2.08. The van der Waals surface area contributed by atoms with Crippen LogP contribution in [0.3, 0.4) is 0 Å². The molecule has 4 nitrogen and oxygen atoms in total. The molecule has 4 aromatic rings. The first-order valence-electron chi connectivity index (χ1n) is 9.74. The zero-order valence-corrected chi connectivity index (χ0v) is 17.7. The van der Waals surface area contributed by atoms with E-state index < -0.39 is 5.91 Å². The number of aryl methyl sites for hydroxylation is 1. The van der Waals surface area contributed by atoms with Gasteiger partial charge in [0.1, 0.15) is 16.6 Å². The molecule has 0 saturated heterocycles. The van der Waals surface area contributed by atoms with E-state index in [1.165, 1.54) is 5.56 Å². The first kappa shape index (κ1) is 20.3. The van der Waals surface area contributed by atoms with Gasteiger partial charge >= 0.3 is 0 Å². The number of anilines is 1. The third kappa shape index (κ3) is 4.77. The zero-order valence-electron chi connectivity index (χ0n) is 16.9. The van der Waals surface area contributed by atoms with E-state index in [9.17, 15) is 10.1 Å². The van der Waals surface area contributed by atoms with Crippen molar-refractivity contribution in [1.82, 2.24) is 4.98 Å². The summed E-state index contributed by atoms with van der Waals surface area (Å²) in [5.74, 6) is -0.436. The highest BCUT2D eigenvalue weighted by atomic mass is 32.1. The fraction of sp³-hybridized carbons (Fsp3) is 0.0385. The Bertz CT molecular complexity index is 1280. The molecule has 0 fully saturated rings. The largest absolute Gasteiger partial charge is 0.321 e. The Morgan fingerprint density at radius 3 is 2.42 bits per heavy atom. The average Bonchev–Trinajstić information content (AvgIpc) is 3.29. The minimum absolute atomic E-state index is 0.0534. The predicted octanol–water partition coefficient (Wildman–Crippen LogP) is 6.33. The maximum absolute atomic E-state index is 12.5. The van der Waals surface area contributed by atoms with Crippen molar-refractivity contribution in [3.63, 3.8) is 0 Å². The molecule has 0 atom stereocenters. The van der Waals surface area contributed by atoms with Gasteiger partial charge in [0.2, 0.25) is 0 Å². The molecule has 0 aliphatic rings. The van der Waals surface area contributed by atoms with Crippen LogP contribution in [0, 0.1) is 18.3 Å². The molecule has 1 heterocycles. The van der Waals surface area contributed by atoms with Crippen molar-refractivity contribution in [3.8, 4) is 27.9 Å². The number of nitrogens with one attached hydrogen (secondary N) is 1. The van der Waals surface area contributed by atoms with Crippen LogP contribution in [0.2, 0.25) is 0 Å². The van der Waals surface area contributed by atoms with Crippen molar-refractivity contribution in [3.05, 3.63) is 101 Å². The maximum Gasteiger partial charge on any atom is 0.266 e. The second kappa shape index (κ2) is 9.21. The van der Waals surface area contributed by atoms with Crippen molar-refractivity contribution in [1.29, 1.82) is 5.26 Å². The lowest BCUT2D eigenvalue weighted by atomic mass is 10.1. The van der Waals surface area contributed by atoms with Gasteiger partial charge in [-0.15, -0.1) is 11.3 Å². The van der Waals surface area contributed by atoms with E-state index in [0.29, 0.717) is 5.69 Å². The van der Waals surface area contributed by atoms with Gasteiger partial charge in [-0.25, -0.2) is 4.98 Å². The van der Waals surface area contributed by atoms with E-state index in [2.05, 4.69) is 24.4 Å². The lowest BCUT2D eigenvalue weighted by molar-refractivity contribution is -0.112. The van der Waals surface area contributed by atoms with E-state index in [1.54, 1.807) is 17.4 Å². The molecular weight excluding hydrogens is 402 g/mol. The van der Waals surface area contributed by atoms with Crippen LogP contribution < -0.4 is 5.32 Å². The summed E-state index contributed by atoms with van der Waals surface area (Å²) in [5.41, 5.74) is 5.67. The van der Waals surface area contributed by atoms with Gasteiger partial charge in [-0.2, -0.15) is 5.26 Å². The van der Waals surface area contributed by atoms with Crippen LogP contribution in [0.4, 0.5) is 5.69 Å². The lowest BCUT2D eigenvalue weighted by Crippen LogP contribution is -2.13. The van der Waals surface area contributed by atoms with Crippen LogP contribution in [0.5, 0.6) is 0 Å². The fourth-order valence-corrected chi connectivity index (χ4v) is 4.05. The third-order valence-electron chi connectivity index (χ3n) is 4.79. The molecule has 3 aromatic carbocycles. The van der Waals surface area contributed by atoms with Crippen molar-refractivity contribution in [2.75, 3.05) is 5.32 Å². The molecule has 1 amide bonds. The first-order chi connectivity index (χ1) is 15.1. The number of nitrogens with zero attached hydrogens (tertiary/aromatic N) is 2. The maximum atomic E-state index is 12.5. The Labute approximate surface area is 185 Å². The van der Waals surface area contributed by atoms with Crippen LogP contribution in [0.25, 0.3) is 27.9 Å². The van der Waals surface area contributed by atoms with Gasteiger partial charge in [0, 0.05) is 22.2 Å². The Hall–Kier alpha value is -4.01. The number of amides is 1. The molecule has 5 heteroatoms. The first-order valence-corrected chi connectivity index (χ1v) is 10.6. The quantitative estimate of drug-likeness (QED) is 0.302. The number of rotatable bonds is 5. The number of aromatic nitrogens is 1. The monoisotopic (exact) mass is 421 g/mol. The van der Waals surface area contributed by atoms with Crippen LogP contribution in [-0.2, 0) is 4.79 Å². The van der Waals surface area contributed by atoms with E-state index in [0.717, 1.165) is 27.4 Å². The molecule has 0 saturated carbocycles. The number of carbonyl (C=O) groups is 1. The van der Waals surface area contributed by atoms with Crippen molar-refractivity contribution < 1.29 is 4.79 Å². The SMILES string of the molecule is Cc1ccccc1-c1nc(-c2ccc(NC(=O)/C(C#N)=C/c3ccccc3)cc2)cs1. The summed E-state index contributed by atoms with van der Waals surface area (Å²) in [6, 6.07) is 26.9. The summed E-state index contributed by atoms with van der Waals surface area (Å²) < 4.78 is 0. The second-order valence-corrected chi connectivity index (χ2v) is 7.82. The van der Waals surface area contributed by atoms with E-state index in [1.807, 2.05) is 78.2 Å². The fourth-order valence-electron chi connectivity index (χ4n) is 3.13. The van der Waals surface area contributed by atoms with Crippen molar-refractivity contribution in [2.45, 2.75) is 6.92 Å². The molecular formula is C26H19N3OS. The molecule has 0 radical (unpaired) electrons. The normalized spacial score (nSPS) is 11.0. The Morgan fingerprint density at radius 1 is 1.00 bits per heavy atom.